The molecule has 0 aliphatic carbocycles. The van der Waals surface area contributed by atoms with E-state index in [0.29, 0.717) is 11.4 Å². The first-order chi connectivity index (χ1) is 12.1. The average Bonchev–Trinajstić information content (AvgIpc) is 3.17. The zero-order valence-corrected chi connectivity index (χ0v) is 13.7. The zero-order valence-electron chi connectivity index (χ0n) is 13.7. The van der Waals surface area contributed by atoms with Crippen molar-refractivity contribution in [3.63, 3.8) is 0 Å². The van der Waals surface area contributed by atoms with E-state index in [2.05, 4.69) is 20.6 Å². The van der Waals surface area contributed by atoms with Crippen molar-refractivity contribution in [2.24, 2.45) is 0 Å². The summed E-state index contributed by atoms with van der Waals surface area (Å²) in [7, 11) is 0. The van der Waals surface area contributed by atoms with E-state index in [1.807, 2.05) is 49.4 Å². The van der Waals surface area contributed by atoms with Gasteiger partial charge >= 0.3 is 0 Å². The number of H-pyrrole nitrogens is 1. The SMILES string of the molecule is C[C@H](NC(=O)CC1NC(=O)c2ccccc21)c1nc2ccccc2[nH]1. The van der Waals surface area contributed by atoms with Gasteiger partial charge in [0.2, 0.25) is 5.91 Å². The molecular formula is C19H18N4O2. The fourth-order valence-corrected chi connectivity index (χ4v) is 3.21. The number of nitrogens with zero attached hydrogens (tertiary/aromatic N) is 1. The van der Waals surface area contributed by atoms with E-state index in [9.17, 15) is 9.59 Å². The van der Waals surface area contributed by atoms with Crippen molar-refractivity contribution in [2.75, 3.05) is 0 Å². The van der Waals surface area contributed by atoms with E-state index in [-0.39, 0.29) is 30.3 Å². The van der Waals surface area contributed by atoms with Crippen molar-refractivity contribution in [1.29, 1.82) is 0 Å². The predicted molar refractivity (Wildman–Crippen MR) is 93.9 cm³/mol. The molecule has 0 saturated carbocycles. The average molecular weight is 334 g/mol. The molecule has 126 valence electrons. The molecule has 0 fully saturated rings. The summed E-state index contributed by atoms with van der Waals surface area (Å²) >= 11 is 0. The summed E-state index contributed by atoms with van der Waals surface area (Å²) in [5, 5.41) is 5.81. The third kappa shape index (κ3) is 2.87. The number of carbonyl (C=O) groups excluding carboxylic acids is 2. The maximum absolute atomic E-state index is 12.4. The van der Waals surface area contributed by atoms with Crippen LogP contribution in [0.15, 0.2) is 48.5 Å². The maximum Gasteiger partial charge on any atom is 0.252 e. The summed E-state index contributed by atoms with van der Waals surface area (Å²) in [5.41, 5.74) is 3.33. The highest BCUT2D eigenvalue weighted by Crippen LogP contribution is 2.27. The number of fused-ring (bicyclic) bond motifs is 2. The third-order valence-electron chi connectivity index (χ3n) is 4.47. The molecule has 0 spiro atoms. The molecule has 1 aliphatic rings. The van der Waals surface area contributed by atoms with E-state index in [1.54, 1.807) is 6.07 Å². The number of carbonyl (C=O) groups is 2. The van der Waals surface area contributed by atoms with Gasteiger partial charge in [-0.05, 0) is 30.7 Å². The second-order valence-electron chi connectivity index (χ2n) is 6.25. The van der Waals surface area contributed by atoms with Gasteiger partial charge in [-0.2, -0.15) is 0 Å². The van der Waals surface area contributed by atoms with Gasteiger partial charge in [-0.1, -0.05) is 30.3 Å². The van der Waals surface area contributed by atoms with Crippen LogP contribution in [0.1, 0.15) is 47.2 Å². The molecule has 2 aromatic carbocycles. The summed E-state index contributed by atoms with van der Waals surface area (Å²) in [5.74, 6) is 0.457. The summed E-state index contributed by atoms with van der Waals surface area (Å²) < 4.78 is 0. The molecule has 6 heteroatoms. The van der Waals surface area contributed by atoms with Crippen LogP contribution in [0, 0.1) is 0 Å². The normalized spacial score (nSPS) is 17.2. The summed E-state index contributed by atoms with van der Waals surface area (Å²) in [4.78, 5) is 32.1. The number of nitrogens with one attached hydrogen (secondary N) is 3. The van der Waals surface area contributed by atoms with Crippen LogP contribution < -0.4 is 10.6 Å². The monoisotopic (exact) mass is 334 g/mol. The molecule has 25 heavy (non-hydrogen) atoms. The van der Waals surface area contributed by atoms with E-state index in [1.165, 1.54) is 0 Å². The first kappa shape index (κ1) is 15.4. The standard InChI is InChI=1S/C19H18N4O2/c1-11(18-21-14-8-4-5-9-15(14)22-18)20-17(24)10-16-12-6-2-3-7-13(12)19(25)23-16/h2-9,11,16H,10H2,1H3,(H,20,24)(H,21,22)(H,23,25)/t11-,16?/m0/s1. The predicted octanol–water partition coefficient (Wildman–Crippen LogP) is 2.61. The molecular weight excluding hydrogens is 316 g/mol. The molecule has 2 heterocycles. The summed E-state index contributed by atoms with van der Waals surface area (Å²) in [6.07, 6.45) is 0.202. The minimum atomic E-state index is -0.286. The lowest BCUT2D eigenvalue weighted by Gasteiger charge is -2.15. The molecule has 6 nitrogen and oxygen atoms in total. The summed E-state index contributed by atoms with van der Waals surface area (Å²) in [6, 6.07) is 14.6. The smallest absolute Gasteiger partial charge is 0.252 e. The van der Waals surface area contributed by atoms with Crippen LogP contribution in [0.2, 0.25) is 0 Å². The Bertz CT molecular complexity index is 930. The fraction of sp³-hybridized carbons (Fsp3) is 0.211. The highest BCUT2D eigenvalue weighted by molar-refractivity contribution is 5.99. The first-order valence-corrected chi connectivity index (χ1v) is 8.25. The van der Waals surface area contributed by atoms with Crippen molar-refractivity contribution in [1.82, 2.24) is 20.6 Å². The largest absolute Gasteiger partial charge is 0.346 e. The van der Waals surface area contributed by atoms with Gasteiger partial charge in [0, 0.05) is 5.56 Å². The number of hydrogen-bond donors (Lipinski definition) is 3. The Morgan fingerprint density at radius 3 is 2.80 bits per heavy atom. The van der Waals surface area contributed by atoms with Crippen molar-refractivity contribution < 1.29 is 9.59 Å². The number of amides is 2. The van der Waals surface area contributed by atoms with Crippen LogP contribution in [-0.2, 0) is 4.79 Å². The Hall–Kier alpha value is -3.15. The minimum absolute atomic E-state index is 0.126. The van der Waals surface area contributed by atoms with Gasteiger partial charge < -0.3 is 15.6 Å². The van der Waals surface area contributed by atoms with Crippen molar-refractivity contribution in [3.05, 3.63) is 65.5 Å². The van der Waals surface area contributed by atoms with Gasteiger partial charge in [0.25, 0.3) is 5.91 Å². The molecule has 2 atom stereocenters. The van der Waals surface area contributed by atoms with Gasteiger partial charge in [0.1, 0.15) is 5.82 Å². The number of hydrogen-bond acceptors (Lipinski definition) is 3. The molecule has 1 aliphatic heterocycles. The van der Waals surface area contributed by atoms with E-state index < -0.39 is 0 Å². The Balaban J connectivity index is 1.45. The van der Waals surface area contributed by atoms with E-state index in [0.717, 1.165) is 16.6 Å². The molecule has 4 rings (SSSR count). The lowest BCUT2D eigenvalue weighted by Crippen LogP contribution is -2.31. The van der Waals surface area contributed by atoms with E-state index >= 15 is 0 Å². The van der Waals surface area contributed by atoms with Crippen LogP contribution in [0.3, 0.4) is 0 Å². The molecule has 1 aromatic heterocycles. The Morgan fingerprint density at radius 2 is 1.96 bits per heavy atom. The zero-order chi connectivity index (χ0) is 17.4. The fourth-order valence-electron chi connectivity index (χ4n) is 3.21. The van der Waals surface area contributed by atoms with E-state index in [4.69, 9.17) is 0 Å². The first-order valence-electron chi connectivity index (χ1n) is 8.25. The molecule has 0 saturated heterocycles. The van der Waals surface area contributed by atoms with Gasteiger partial charge in [0.05, 0.1) is 29.5 Å². The maximum atomic E-state index is 12.4. The third-order valence-corrected chi connectivity index (χ3v) is 4.47. The quantitative estimate of drug-likeness (QED) is 0.685. The summed E-state index contributed by atoms with van der Waals surface area (Å²) in [6.45, 7) is 1.89. The minimum Gasteiger partial charge on any atom is -0.346 e. The topological polar surface area (TPSA) is 86.9 Å². The van der Waals surface area contributed by atoms with Crippen LogP contribution >= 0.6 is 0 Å². The van der Waals surface area contributed by atoms with Crippen LogP contribution in [0.5, 0.6) is 0 Å². The van der Waals surface area contributed by atoms with Crippen molar-refractivity contribution in [2.45, 2.75) is 25.4 Å². The van der Waals surface area contributed by atoms with Crippen LogP contribution in [-0.4, -0.2) is 21.8 Å². The van der Waals surface area contributed by atoms with Gasteiger partial charge in [-0.25, -0.2) is 4.98 Å². The molecule has 1 unspecified atom stereocenters. The number of aromatic amines is 1. The number of imidazole rings is 1. The molecule has 0 bridgehead atoms. The molecule has 0 radical (unpaired) electrons. The van der Waals surface area contributed by atoms with Crippen LogP contribution in [0.25, 0.3) is 11.0 Å². The second-order valence-corrected chi connectivity index (χ2v) is 6.25. The number of rotatable bonds is 4. The Kier molecular flexibility index (Phi) is 3.72. The highest BCUT2D eigenvalue weighted by atomic mass is 16.2. The lowest BCUT2D eigenvalue weighted by molar-refractivity contribution is -0.122. The number of aromatic nitrogens is 2. The molecule has 3 N–H and O–H groups in total. The number of para-hydroxylation sites is 2. The number of benzene rings is 2. The highest BCUT2D eigenvalue weighted by Gasteiger charge is 2.29. The Morgan fingerprint density at radius 1 is 1.20 bits per heavy atom. The molecule has 3 aromatic rings. The molecule has 2 amide bonds. The van der Waals surface area contributed by atoms with Crippen molar-refractivity contribution in [3.8, 4) is 0 Å². The Labute approximate surface area is 144 Å². The van der Waals surface area contributed by atoms with Crippen LogP contribution in [0.4, 0.5) is 0 Å². The second kappa shape index (κ2) is 6.05. The lowest BCUT2D eigenvalue weighted by atomic mass is 10.0. The van der Waals surface area contributed by atoms with Gasteiger partial charge in [-0.15, -0.1) is 0 Å². The van der Waals surface area contributed by atoms with Gasteiger partial charge in [0.15, 0.2) is 0 Å². The van der Waals surface area contributed by atoms with Gasteiger partial charge in [-0.3, -0.25) is 9.59 Å². The van der Waals surface area contributed by atoms with Crippen molar-refractivity contribution >= 4 is 22.8 Å².